The molecule has 98 valence electrons. The first-order valence-corrected chi connectivity index (χ1v) is 8.36. The number of allylic oxidation sites excluding steroid dienone is 2. The molecule has 1 heterocycles. The maximum absolute atomic E-state index is 2.49. The van der Waals surface area contributed by atoms with Crippen molar-refractivity contribution in [1.82, 2.24) is 4.31 Å². The van der Waals surface area contributed by atoms with E-state index in [9.17, 15) is 0 Å². The Balaban J connectivity index is 2.32. The smallest absolute Gasteiger partial charge is 0.00130 e. The summed E-state index contributed by atoms with van der Waals surface area (Å²) in [5.74, 6) is 1.96. The monoisotopic (exact) mass is 261 g/mol. The number of benzene rings is 1. The molecule has 1 aliphatic rings. The van der Waals surface area contributed by atoms with E-state index >= 15 is 0 Å². The molecular weight excluding hydrogens is 238 g/mol. The van der Waals surface area contributed by atoms with E-state index in [4.69, 9.17) is 0 Å². The van der Waals surface area contributed by atoms with Crippen LogP contribution in [-0.2, 0) is 0 Å². The molecule has 0 saturated heterocycles. The Hall–Kier alpha value is -0.990. The van der Waals surface area contributed by atoms with E-state index < -0.39 is 10.2 Å². The predicted octanol–water partition coefficient (Wildman–Crippen LogP) is 4.49. The van der Waals surface area contributed by atoms with Crippen LogP contribution in [0.3, 0.4) is 0 Å². The van der Waals surface area contributed by atoms with Gasteiger partial charge >= 0.3 is 0 Å². The zero-order valence-corrected chi connectivity index (χ0v) is 12.6. The first kappa shape index (κ1) is 13.4. The van der Waals surface area contributed by atoms with Gasteiger partial charge < -0.3 is 0 Å². The first-order valence-electron chi connectivity index (χ1n) is 6.47. The Labute approximate surface area is 113 Å². The van der Waals surface area contributed by atoms with Gasteiger partial charge in [0.05, 0.1) is 0 Å². The van der Waals surface area contributed by atoms with E-state index in [1.54, 1.807) is 0 Å². The number of rotatable bonds is 4. The van der Waals surface area contributed by atoms with E-state index in [1.165, 1.54) is 16.9 Å². The van der Waals surface area contributed by atoms with Gasteiger partial charge in [0.2, 0.25) is 0 Å². The van der Waals surface area contributed by atoms with Crippen LogP contribution in [0.25, 0.3) is 5.57 Å². The molecule has 1 atom stereocenters. The molecule has 0 fully saturated rings. The van der Waals surface area contributed by atoms with Crippen molar-refractivity contribution in [3.05, 3.63) is 52.8 Å². The summed E-state index contributed by atoms with van der Waals surface area (Å²) in [6, 6.07) is 10.7. The SMILES string of the molecule is CC(C)CS1(N(C)C)C=CC(c2ccccc2)=C1. The summed E-state index contributed by atoms with van der Waals surface area (Å²) >= 11 is 0. The second kappa shape index (κ2) is 5.33. The quantitative estimate of drug-likeness (QED) is 0.772. The maximum Gasteiger partial charge on any atom is -0.00130 e. The zero-order chi connectivity index (χ0) is 13.2. The highest BCUT2D eigenvalue weighted by Crippen LogP contribution is 2.59. The third-order valence-corrected chi connectivity index (χ3v) is 7.03. The highest BCUT2D eigenvalue weighted by Gasteiger charge is 2.26. The lowest BCUT2D eigenvalue weighted by Crippen LogP contribution is -2.20. The van der Waals surface area contributed by atoms with Crippen molar-refractivity contribution in [3.63, 3.8) is 0 Å². The van der Waals surface area contributed by atoms with Gasteiger partial charge in [0.1, 0.15) is 0 Å². The van der Waals surface area contributed by atoms with Gasteiger partial charge in [0.25, 0.3) is 0 Å². The fourth-order valence-electron chi connectivity index (χ4n) is 2.30. The van der Waals surface area contributed by atoms with Crippen molar-refractivity contribution in [2.45, 2.75) is 13.8 Å². The summed E-state index contributed by atoms with van der Waals surface area (Å²) in [7, 11) is 3.52. The van der Waals surface area contributed by atoms with Crippen LogP contribution in [0.4, 0.5) is 0 Å². The topological polar surface area (TPSA) is 3.24 Å². The number of hydrogen-bond acceptors (Lipinski definition) is 1. The molecule has 0 radical (unpaired) electrons. The second-order valence-corrected chi connectivity index (χ2v) is 8.61. The number of nitrogens with zero attached hydrogens (tertiary/aromatic N) is 1. The summed E-state index contributed by atoms with van der Waals surface area (Å²) < 4.78 is 2.40. The predicted molar refractivity (Wildman–Crippen MR) is 84.5 cm³/mol. The molecule has 2 heteroatoms. The highest BCUT2D eigenvalue weighted by atomic mass is 32.3. The average molecular weight is 261 g/mol. The first-order chi connectivity index (χ1) is 8.53. The van der Waals surface area contributed by atoms with Crippen LogP contribution in [0, 0.1) is 5.92 Å². The van der Waals surface area contributed by atoms with E-state index in [1.807, 2.05) is 0 Å². The van der Waals surface area contributed by atoms with Crippen LogP contribution in [0.1, 0.15) is 19.4 Å². The van der Waals surface area contributed by atoms with Gasteiger partial charge in [-0.2, -0.15) is 0 Å². The normalized spacial score (nSPS) is 26.4. The molecule has 0 saturated carbocycles. The minimum atomic E-state index is -0.884. The Kier molecular flexibility index (Phi) is 3.98. The van der Waals surface area contributed by atoms with E-state index in [-0.39, 0.29) is 0 Å². The molecule has 1 aliphatic heterocycles. The van der Waals surface area contributed by atoms with E-state index in [0.29, 0.717) is 0 Å². The second-order valence-electron chi connectivity index (χ2n) is 5.42. The molecular formula is C16H23NS. The molecule has 1 aromatic rings. The van der Waals surface area contributed by atoms with Crippen molar-refractivity contribution in [3.8, 4) is 0 Å². The standard InChI is InChI=1S/C16H23NS/c1-14(2)12-18(17(3)4)11-10-16(13-18)15-8-6-5-7-9-15/h5-11,13-14H,12H2,1-4H3. The largest absolute Gasteiger partial charge is 0.267 e. The molecule has 1 unspecified atom stereocenters. The van der Waals surface area contributed by atoms with Gasteiger partial charge in [-0.15, -0.1) is 10.2 Å². The van der Waals surface area contributed by atoms with E-state index in [2.05, 4.69) is 79.5 Å². The minimum Gasteiger partial charge on any atom is -0.267 e. The molecule has 0 spiro atoms. The minimum absolute atomic E-state index is 0.721. The Morgan fingerprint density at radius 2 is 1.78 bits per heavy atom. The fraction of sp³-hybridized carbons (Fsp3) is 0.375. The average Bonchev–Trinajstić information content (AvgIpc) is 2.75. The van der Waals surface area contributed by atoms with Gasteiger partial charge in [0.15, 0.2) is 0 Å². The maximum atomic E-state index is 2.49. The Bertz CT molecular complexity index is 459. The van der Waals surface area contributed by atoms with Crippen molar-refractivity contribution >= 4 is 15.8 Å². The molecule has 2 rings (SSSR count). The van der Waals surface area contributed by atoms with Gasteiger partial charge in [-0.3, -0.25) is 4.31 Å². The fourth-order valence-corrected chi connectivity index (χ4v) is 5.44. The van der Waals surface area contributed by atoms with Crippen molar-refractivity contribution < 1.29 is 0 Å². The lowest BCUT2D eigenvalue weighted by atomic mass is 10.1. The third kappa shape index (κ3) is 2.70. The van der Waals surface area contributed by atoms with Crippen LogP contribution < -0.4 is 0 Å². The van der Waals surface area contributed by atoms with Crippen LogP contribution >= 0.6 is 10.2 Å². The third-order valence-electron chi connectivity index (χ3n) is 3.20. The van der Waals surface area contributed by atoms with Crippen molar-refractivity contribution in [2.24, 2.45) is 5.92 Å². The molecule has 18 heavy (non-hydrogen) atoms. The lowest BCUT2D eigenvalue weighted by Gasteiger charge is -2.40. The lowest BCUT2D eigenvalue weighted by molar-refractivity contribution is 0.664. The van der Waals surface area contributed by atoms with Crippen molar-refractivity contribution in [2.75, 3.05) is 19.8 Å². The van der Waals surface area contributed by atoms with Crippen molar-refractivity contribution in [1.29, 1.82) is 0 Å². The summed E-state index contributed by atoms with van der Waals surface area (Å²) in [5, 5.41) is 4.91. The van der Waals surface area contributed by atoms with Crippen LogP contribution in [-0.4, -0.2) is 24.2 Å². The Morgan fingerprint density at radius 1 is 1.11 bits per heavy atom. The van der Waals surface area contributed by atoms with E-state index in [0.717, 1.165) is 5.92 Å². The summed E-state index contributed by atoms with van der Waals surface area (Å²) in [6.07, 6.45) is 2.30. The van der Waals surface area contributed by atoms with Gasteiger partial charge in [0, 0.05) is 0 Å². The number of hydrogen-bond donors (Lipinski definition) is 0. The summed E-state index contributed by atoms with van der Waals surface area (Å²) in [6.45, 7) is 4.61. The molecule has 1 nitrogen and oxygen atoms in total. The molecule has 1 aromatic carbocycles. The van der Waals surface area contributed by atoms with Crippen LogP contribution in [0.5, 0.6) is 0 Å². The zero-order valence-electron chi connectivity index (χ0n) is 11.8. The summed E-state index contributed by atoms with van der Waals surface area (Å²) in [4.78, 5) is 0. The Morgan fingerprint density at radius 3 is 2.33 bits per heavy atom. The van der Waals surface area contributed by atoms with Crippen LogP contribution in [0.15, 0.2) is 47.2 Å². The molecule has 0 amide bonds. The summed E-state index contributed by atoms with van der Waals surface area (Å²) in [5.41, 5.74) is 2.70. The van der Waals surface area contributed by atoms with Gasteiger partial charge in [-0.1, -0.05) is 44.2 Å². The van der Waals surface area contributed by atoms with Crippen LogP contribution in [0.2, 0.25) is 0 Å². The molecule has 0 bridgehead atoms. The molecule has 0 aliphatic carbocycles. The van der Waals surface area contributed by atoms with Gasteiger partial charge in [-0.05, 0) is 53.8 Å². The highest BCUT2D eigenvalue weighted by molar-refractivity contribution is 8.36. The van der Waals surface area contributed by atoms with Gasteiger partial charge in [-0.25, -0.2) is 0 Å². The molecule has 0 N–H and O–H groups in total. The molecule has 0 aromatic heterocycles.